The van der Waals surface area contributed by atoms with Gasteiger partial charge in [-0.05, 0) is 37.3 Å². The molecule has 0 radical (unpaired) electrons. The van der Waals surface area contributed by atoms with Gasteiger partial charge < -0.3 is 0 Å². The summed E-state index contributed by atoms with van der Waals surface area (Å²) in [6.45, 7) is 2.21. The van der Waals surface area contributed by atoms with Crippen LogP contribution in [0.15, 0.2) is 43.9 Å². The van der Waals surface area contributed by atoms with Crippen molar-refractivity contribution in [3.63, 3.8) is 0 Å². The van der Waals surface area contributed by atoms with E-state index < -0.39 is 20.0 Å². The third kappa shape index (κ3) is 3.87. The maximum absolute atomic E-state index is 12.8. The molecule has 3 rings (SSSR count). The Hall–Kier alpha value is -0.490. The molecule has 0 spiro atoms. The summed E-state index contributed by atoms with van der Waals surface area (Å²) in [5.74, 6) is 0. The SMILES string of the molecule is Cc1ccc(S(=O)(=O)N2CCN(S(=O)(=O)c3ccc(Br)cc3Cl)CC2)s1. The molecule has 1 aromatic carbocycles. The molecule has 2 heterocycles. The predicted molar refractivity (Wildman–Crippen MR) is 106 cm³/mol. The minimum Gasteiger partial charge on any atom is -0.207 e. The van der Waals surface area contributed by atoms with Crippen molar-refractivity contribution in [3.05, 3.63) is 44.7 Å². The van der Waals surface area contributed by atoms with Crippen LogP contribution in [0.4, 0.5) is 0 Å². The van der Waals surface area contributed by atoms with Crippen molar-refractivity contribution in [2.24, 2.45) is 0 Å². The zero-order chi connectivity index (χ0) is 19.1. The number of sulfonamides is 2. The first-order valence-corrected chi connectivity index (χ1v) is 12.5. The number of hydrogen-bond acceptors (Lipinski definition) is 5. The minimum atomic E-state index is -3.78. The molecule has 1 aliphatic rings. The van der Waals surface area contributed by atoms with E-state index in [9.17, 15) is 16.8 Å². The summed E-state index contributed by atoms with van der Waals surface area (Å²) in [5, 5.41) is 0.128. The second kappa shape index (κ2) is 7.50. The Labute approximate surface area is 170 Å². The van der Waals surface area contributed by atoms with Gasteiger partial charge in [0.1, 0.15) is 9.10 Å². The van der Waals surface area contributed by atoms with E-state index in [1.807, 2.05) is 6.92 Å². The van der Waals surface area contributed by atoms with Gasteiger partial charge in [0.15, 0.2) is 0 Å². The molecule has 0 bridgehead atoms. The van der Waals surface area contributed by atoms with Crippen molar-refractivity contribution in [2.45, 2.75) is 16.0 Å². The molecule has 0 N–H and O–H groups in total. The number of thiophene rings is 1. The highest BCUT2D eigenvalue weighted by atomic mass is 79.9. The summed E-state index contributed by atoms with van der Waals surface area (Å²) in [5.41, 5.74) is 0. The van der Waals surface area contributed by atoms with Crippen molar-refractivity contribution >= 4 is 58.9 Å². The average molecular weight is 500 g/mol. The van der Waals surface area contributed by atoms with E-state index in [1.54, 1.807) is 18.2 Å². The Bertz CT molecular complexity index is 1030. The quantitative estimate of drug-likeness (QED) is 0.648. The Morgan fingerprint density at radius 2 is 1.54 bits per heavy atom. The molecule has 2 aromatic rings. The molecule has 11 heteroatoms. The van der Waals surface area contributed by atoms with Crippen molar-refractivity contribution in [1.82, 2.24) is 8.61 Å². The summed E-state index contributed by atoms with van der Waals surface area (Å²) in [4.78, 5) is 0.933. The molecule has 0 saturated carbocycles. The Kier molecular flexibility index (Phi) is 5.84. The maximum Gasteiger partial charge on any atom is 0.252 e. The standard InChI is InChI=1S/C15H16BrClN2O4S3/c1-11-2-5-15(24-11)26(22,23)19-8-6-18(7-9-19)25(20,21)14-4-3-12(16)10-13(14)17/h2-5,10H,6-9H2,1H3. The molecule has 1 saturated heterocycles. The zero-order valence-corrected chi connectivity index (χ0v) is 18.5. The summed E-state index contributed by atoms with van der Waals surface area (Å²) in [7, 11) is -7.37. The molecule has 26 heavy (non-hydrogen) atoms. The normalized spacial score (nSPS) is 17.5. The lowest BCUT2D eigenvalue weighted by Gasteiger charge is -2.33. The van der Waals surface area contributed by atoms with E-state index in [4.69, 9.17) is 11.6 Å². The third-order valence-corrected chi connectivity index (χ3v) is 10.3. The van der Waals surface area contributed by atoms with E-state index in [2.05, 4.69) is 15.9 Å². The van der Waals surface area contributed by atoms with Gasteiger partial charge in [-0.3, -0.25) is 0 Å². The molecule has 0 aliphatic carbocycles. The molecule has 1 aromatic heterocycles. The molecule has 142 valence electrons. The fraction of sp³-hybridized carbons (Fsp3) is 0.333. The second-order valence-electron chi connectivity index (χ2n) is 5.75. The maximum atomic E-state index is 12.8. The molecule has 1 aliphatic heterocycles. The molecule has 0 unspecified atom stereocenters. The molecule has 0 amide bonds. The molecule has 6 nitrogen and oxygen atoms in total. The van der Waals surface area contributed by atoms with Gasteiger partial charge >= 0.3 is 0 Å². The zero-order valence-electron chi connectivity index (χ0n) is 13.7. The number of halogens is 2. The second-order valence-corrected chi connectivity index (χ2v) is 12.4. The van der Waals surface area contributed by atoms with Crippen LogP contribution in [0.25, 0.3) is 0 Å². The highest BCUT2D eigenvalue weighted by Crippen LogP contribution is 2.30. The van der Waals surface area contributed by atoms with Crippen LogP contribution < -0.4 is 0 Å². The molecule has 1 fully saturated rings. The minimum absolute atomic E-state index is 0.0209. The van der Waals surface area contributed by atoms with Gasteiger partial charge in [-0.1, -0.05) is 27.5 Å². The first kappa shape index (κ1) is 20.2. The van der Waals surface area contributed by atoms with E-state index in [-0.39, 0.29) is 40.3 Å². The van der Waals surface area contributed by atoms with E-state index in [0.29, 0.717) is 4.47 Å². The number of aryl methyl sites for hydroxylation is 1. The Balaban J connectivity index is 1.78. The number of rotatable bonds is 4. The first-order chi connectivity index (χ1) is 12.1. The van der Waals surface area contributed by atoms with Crippen LogP contribution in [-0.4, -0.2) is 51.6 Å². The number of hydrogen-bond donors (Lipinski definition) is 0. The van der Waals surface area contributed by atoms with Gasteiger partial charge in [0.2, 0.25) is 10.0 Å². The number of benzene rings is 1. The third-order valence-electron chi connectivity index (χ3n) is 4.02. The lowest BCUT2D eigenvalue weighted by atomic mass is 10.4. The van der Waals surface area contributed by atoms with Gasteiger partial charge in [0.05, 0.1) is 5.02 Å². The molecular formula is C15H16BrClN2O4S3. The smallest absolute Gasteiger partial charge is 0.207 e. The average Bonchev–Trinajstić information content (AvgIpc) is 3.02. The van der Waals surface area contributed by atoms with Crippen LogP contribution in [0.2, 0.25) is 5.02 Å². The largest absolute Gasteiger partial charge is 0.252 e. The first-order valence-electron chi connectivity index (χ1n) is 7.64. The van der Waals surface area contributed by atoms with E-state index >= 15 is 0 Å². The van der Waals surface area contributed by atoms with Crippen LogP contribution in [-0.2, 0) is 20.0 Å². The van der Waals surface area contributed by atoms with Crippen LogP contribution in [0, 0.1) is 6.92 Å². The van der Waals surface area contributed by atoms with Gasteiger partial charge in [0.25, 0.3) is 10.0 Å². The van der Waals surface area contributed by atoms with Crippen molar-refractivity contribution < 1.29 is 16.8 Å². The van der Waals surface area contributed by atoms with Gasteiger partial charge in [-0.25, -0.2) is 16.8 Å². The van der Waals surface area contributed by atoms with E-state index in [1.165, 1.54) is 32.1 Å². The van der Waals surface area contributed by atoms with E-state index in [0.717, 1.165) is 4.88 Å². The number of piperazine rings is 1. The number of nitrogens with zero attached hydrogens (tertiary/aromatic N) is 2. The highest BCUT2D eigenvalue weighted by Gasteiger charge is 2.35. The fourth-order valence-corrected chi connectivity index (χ4v) is 7.95. The van der Waals surface area contributed by atoms with Crippen LogP contribution in [0.5, 0.6) is 0 Å². The summed E-state index contributed by atoms with van der Waals surface area (Å²) in [6.07, 6.45) is 0. The lowest BCUT2D eigenvalue weighted by Crippen LogP contribution is -2.50. The lowest BCUT2D eigenvalue weighted by molar-refractivity contribution is 0.273. The van der Waals surface area contributed by atoms with Gasteiger partial charge in [-0.15, -0.1) is 11.3 Å². The Morgan fingerprint density at radius 3 is 2.04 bits per heavy atom. The summed E-state index contributed by atoms with van der Waals surface area (Å²) in [6, 6.07) is 7.92. The monoisotopic (exact) mass is 498 g/mol. The topological polar surface area (TPSA) is 74.8 Å². The van der Waals surface area contributed by atoms with Gasteiger partial charge in [0, 0.05) is 35.5 Å². The van der Waals surface area contributed by atoms with Crippen molar-refractivity contribution in [3.8, 4) is 0 Å². The Morgan fingerprint density at radius 1 is 0.962 bits per heavy atom. The summed E-state index contributed by atoms with van der Waals surface area (Å²) < 4.78 is 54.5. The fourth-order valence-electron chi connectivity index (χ4n) is 2.65. The van der Waals surface area contributed by atoms with Crippen LogP contribution >= 0.6 is 38.9 Å². The highest BCUT2D eigenvalue weighted by molar-refractivity contribution is 9.10. The van der Waals surface area contributed by atoms with Crippen LogP contribution in [0.3, 0.4) is 0 Å². The summed E-state index contributed by atoms with van der Waals surface area (Å²) >= 11 is 10.5. The predicted octanol–water partition coefficient (Wildman–Crippen LogP) is 3.17. The van der Waals surface area contributed by atoms with Gasteiger partial charge in [-0.2, -0.15) is 8.61 Å². The van der Waals surface area contributed by atoms with Crippen molar-refractivity contribution in [1.29, 1.82) is 0 Å². The molecular weight excluding hydrogens is 484 g/mol. The van der Waals surface area contributed by atoms with Crippen molar-refractivity contribution in [2.75, 3.05) is 26.2 Å². The van der Waals surface area contributed by atoms with Crippen LogP contribution in [0.1, 0.15) is 4.88 Å². The molecule has 0 atom stereocenters.